The van der Waals surface area contributed by atoms with Gasteiger partial charge in [0.05, 0.1) is 11.8 Å². The minimum Gasteiger partial charge on any atom is -0.380 e. The van der Waals surface area contributed by atoms with Gasteiger partial charge in [0.1, 0.15) is 0 Å². The molecule has 3 atom stereocenters. The highest BCUT2D eigenvalue weighted by Gasteiger charge is 2.58. The largest absolute Gasteiger partial charge is 0.380 e. The van der Waals surface area contributed by atoms with Crippen LogP contribution in [0.15, 0.2) is 17.1 Å². The van der Waals surface area contributed by atoms with Crippen LogP contribution in [-0.4, -0.2) is 30.3 Å². The minimum atomic E-state index is -0.255. The van der Waals surface area contributed by atoms with Gasteiger partial charge in [-0.1, -0.05) is 20.8 Å². The molecule has 2 rings (SSSR count). The zero-order valence-electron chi connectivity index (χ0n) is 14.5. The second kappa shape index (κ2) is 6.74. The van der Waals surface area contributed by atoms with E-state index in [2.05, 4.69) is 36.4 Å². The van der Waals surface area contributed by atoms with Crippen molar-refractivity contribution in [1.82, 2.24) is 10.3 Å². The van der Waals surface area contributed by atoms with Gasteiger partial charge in [-0.2, -0.15) is 0 Å². The van der Waals surface area contributed by atoms with Crippen molar-refractivity contribution in [1.29, 1.82) is 0 Å². The molecular formula is C17H27N3O3. The summed E-state index contributed by atoms with van der Waals surface area (Å²) in [6.45, 7) is 8.09. The van der Waals surface area contributed by atoms with Crippen LogP contribution in [0.2, 0.25) is 0 Å². The third kappa shape index (κ3) is 3.00. The average molecular weight is 321 g/mol. The summed E-state index contributed by atoms with van der Waals surface area (Å²) in [5.74, 6) is 0.267. The number of pyridine rings is 1. The van der Waals surface area contributed by atoms with Gasteiger partial charge in [-0.25, -0.2) is 4.79 Å². The van der Waals surface area contributed by atoms with E-state index < -0.39 is 0 Å². The molecule has 1 aliphatic rings. The van der Waals surface area contributed by atoms with Crippen LogP contribution in [0.5, 0.6) is 0 Å². The maximum absolute atomic E-state index is 12.3. The Morgan fingerprint density at radius 3 is 2.57 bits per heavy atom. The summed E-state index contributed by atoms with van der Waals surface area (Å²) in [6.07, 6.45) is 3.58. The van der Waals surface area contributed by atoms with Gasteiger partial charge in [0.2, 0.25) is 0 Å². The molecule has 0 aliphatic heterocycles. The van der Waals surface area contributed by atoms with Gasteiger partial charge in [0.25, 0.3) is 5.56 Å². The number of ether oxygens (including phenoxy) is 1. The topological polar surface area (TPSA) is 83.2 Å². The fraction of sp³-hybridized carbons (Fsp3) is 0.647. The molecule has 1 fully saturated rings. The van der Waals surface area contributed by atoms with Crippen LogP contribution in [0, 0.1) is 18.3 Å². The Hall–Kier alpha value is -1.82. The van der Waals surface area contributed by atoms with E-state index in [-0.39, 0.29) is 35.1 Å². The summed E-state index contributed by atoms with van der Waals surface area (Å²) in [6, 6.07) is 1.48. The zero-order valence-corrected chi connectivity index (χ0v) is 14.5. The van der Waals surface area contributed by atoms with E-state index in [1.165, 1.54) is 6.20 Å². The number of aromatic nitrogens is 1. The molecule has 128 valence electrons. The molecule has 0 unspecified atom stereocenters. The van der Waals surface area contributed by atoms with Gasteiger partial charge in [-0.05, 0) is 25.8 Å². The SMILES string of the molecule is CCC1(CC)[C@H](NC(=O)Nc2c[nH]c(=O)c(C)c2)[C@H](C)[C@@H]1OC. The molecule has 0 spiro atoms. The van der Waals surface area contributed by atoms with Crippen molar-refractivity contribution >= 4 is 11.7 Å². The number of aromatic amines is 1. The molecule has 3 N–H and O–H groups in total. The maximum Gasteiger partial charge on any atom is 0.319 e. The predicted molar refractivity (Wildman–Crippen MR) is 90.7 cm³/mol. The van der Waals surface area contributed by atoms with Crippen LogP contribution >= 0.6 is 0 Å². The maximum atomic E-state index is 12.3. The average Bonchev–Trinajstić information content (AvgIpc) is 2.53. The lowest BCUT2D eigenvalue weighted by atomic mass is 9.53. The van der Waals surface area contributed by atoms with Gasteiger partial charge >= 0.3 is 6.03 Å². The van der Waals surface area contributed by atoms with Crippen molar-refractivity contribution in [3.63, 3.8) is 0 Å². The number of hydrogen-bond acceptors (Lipinski definition) is 3. The monoisotopic (exact) mass is 321 g/mol. The summed E-state index contributed by atoms with van der Waals surface area (Å²) < 4.78 is 5.64. The van der Waals surface area contributed by atoms with Crippen molar-refractivity contribution in [2.24, 2.45) is 11.3 Å². The van der Waals surface area contributed by atoms with Gasteiger partial charge in [0.15, 0.2) is 0 Å². The molecule has 0 aromatic carbocycles. The molecule has 1 heterocycles. The number of rotatable bonds is 5. The summed E-state index contributed by atoms with van der Waals surface area (Å²) in [7, 11) is 1.74. The van der Waals surface area contributed by atoms with E-state index in [1.807, 2.05) is 0 Å². The Kier molecular flexibility index (Phi) is 5.14. The number of anilines is 1. The van der Waals surface area contributed by atoms with Crippen LogP contribution < -0.4 is 16.2 Å². The number of aryl methyl sites for hydroxylation is 1. The predicted octanol–water partition coefficient (Wildman–Crippen LogP) is 2.64. The number of nitrogens with one attached hydrogen (secondary N) is 3. The van der Waals surface area contributed by atoms with E-state index >= 15 is 0 Å². The van der Waals surface area contributed by atoms with Crippen LogP contribution in [0.1, 0.15) is 39.2 Å². The van der Waals surface area contributed by atoms with Crippen molar-refractivity contribution in [2.75, 3.05) is 12.4 Å². The minimum absolute atomic E-state index is 0.0214. The van der Waals surface area contributed by atoms with E-state index in [9.17, 15) is 9.59 Å². The van der Waals surface area contributed by atoms with Crippen LogP contribution in [0.3, 0.4) is 0 Å². The fourth-order valence-electron chi connectivity index (χ4n) is 4.08. The highest BCUT2D eigenvalue weighted by Crippen LogP contribution is 2.52. The lowest BCUT2D eigenvalue weighted by Crippen LogP contribution is -2.70. The summed E-state index contributed by atoms with van der Waals surface area (Å²) >= 11 is 0. The quantitative estimate of drug-likeness (QED) is 0.779. The molecule has 1 aliphatic carbocycles. The molecule has 0 bridgehead atoms. The third-order valence-corrected chi connectivity index (χ3v) is 5.39. The number of methoxy groups -OCH3 is 1. The molecule has 23 heavy (non-hydrogen) atoms. The molecule has 0 radical (unpaired) electrons. The molecule has 0 saturated heterocycles. The molecule has 1 saturated carbocycles. The first-order valence-electron chi connectivity index (χ1n) is 8.19. The highest BCUT2D eigenvalue weighted by molar-refractivity contribution is 5.89. The Bertz CT molecular complexity index is 622. The first kappa shape index (κ1) is 17.5. The van der Waals surface area contributed by atoms with Crippen molar-refractivity contribution in [2.45, 2.75) is 52.7 Å². The standard InChI is InChI=1S/C17H27N3O3/c1-6-17(7-2)13(11(4)14(17)23-5)20-16(22)19-12-8-10(3)15(21)18-9-12/h8-9,11,13-14H,6-7H2,1-5H3,(H,18,21)(H2,19,20,22)/t11-,13+,14-/m0/s1. The molecule has 6 heteroatoms. The summed E-state index contributed by atoms with van der Waals surface area (Å²) in [5.41, 5.74) is 0.971. The van der Waals surface area contributed by atoms with Gasteiger partial charge < -0.3 is 20.4 Å². The lowest BCUT2D eigenvalue weighted by molar-refractivity contribution is -0.163. The normalized spacial score (nSPS) is 25.5. The summed E-state index contributed by atoms with van der Waals surface area (Å²) in [4.78, 5) is 26.3. The van der Waals surface area contributed by atoms with Crippen molar-refractivity contribution in [3.05, 3.63) is 28.2 Å². The number of carbonyl (C=O) groups is 1. The smallest absolute Gasteiger partial charge is 0.319 e. The van der Waals surface area contributed by atoms with Gasteiger partial charge in [-0.3, -0.25) is 4.79 Å². The number of hydrogen-bond donors (Lipinski definition) is 3. The number of amides is 2. The second-order valence-corrected chi connectivity index (χ2v) is 6.43. The van der Waals surface area contributed by atoms with Crippen molar-refractivity contribution < 1.29 is 9.53 Å². The molecule has 6 nitrogen and oxygen atoms in total. The molecule has 2 amide bonds. The van der Waals surface area contributed by atoms with Crippen LogP contribution in [-0.2, 0) is 4.74 Å². The Labute approximate surface area is 137 Å². The summed E-state index contributed by atoms with van der Waals surface area (Å²) in [5, 5.41) is 5.87. The van der Waals surface area contributed by atoms with Crippen LogP contribution in [0.25, 0.3) is 0 Å². The van der Waals surface area contributed by atoms with E-state index in [1.54, 1.807) is 20.1 Å². The Morgan fingerprint density at radius 1 is 1.39 bits per heavy atom. The fourth-order valence-corrected chi connectivity index (χ4v) is 4.08. The molecule has 1 aromatic heterocycles. The van der Waals surface area contributed by atoms with Crippen LogP contribution in [0.4, 0.5) is 10.5 Å². The zero-order chi connectivity index (χ0) is 17.2. The third-order valence-electron chi connectivity index (χ3n) is 5.39. The Balaban J connectivity index is 2.07. The number of carbonyl (C=O) groups excluding carboxylic acids is 1. The van der Waals surface area contributed by atoms with Crippen molar-refractivity contribution in [3.8, 4) is 0 Å². The van der Waals surface area contributed by atoms with E-state index in [0.717, 1.165) is 12.8 Å². The first-order chi connectivity index (χ1) is 10.9. The number of urea groups is 1. The van der Waals surface area contributed by atoms with E-state index in [0.29, 0.717) is 11.3 Å². The van der Waals surface area contributed by atoms with Gasteiger partial charge in [-0.15, -0.1) is 0 Å². The first-order valence-corrected chi connectivity index (χ1v) is 8.19. The molecular weight excluding hydrogens is 294 g/mol. The second-order valence-electron chi connectivity index (χ2n) is 6.43. The van der Waals surface area contributed by atoms with E-state index in [4.69, 9.17) is 4.74 Å². The van der Waals surface area contributed by atoms with Gasteiger partial charge in [0, 0.05) is 36.2 Å². The Morgan fingerprint density at radius 2 is 2.04 bits per heavy atom. The highest BCUT2D eigenvalue weighted by atomic mass is 16.5. The lowest BCUT2D eigenvalue weighted by Gasteiger charge is -2.59. The molecule has 1 aromatic rings. The number of H-pyrrole nitrogens is 1.